The lowest BCUT2D eigenvalue weighted by Crippen LogP contribution is -2.34. The van der Waals surface area contributed by atoms with Gasteiger partial charge in [0, 0.05) is 11.7 Å². The Morgan fingerprint density at radius 1 is 1.33 bits per heavy atom. The molecule has 3 rings (SSSR count). The lowest BCUT2D eigenvalue weighted by atomic mass is 10.0. The van der Waals surface area contributed by atoms with Crippen molar-refractivity contribution < 1.29 is 0 Å². The lowest BCUT2D eigenvalue weighted by Gasteiger charge is -2.34. The fraction of sp³-hybridized carbons (Fsp3) is 0.385. The van der Waals surface area contributed by atoms with Gasteiger partial charge in [-0.2, -0.15) is 0 Å². The lowest BCUT2D eigenvalue weighted by molar-refractivity contribution is 0.825. The van der Waals surface area contributed by atoms with Crippen LogP contribution in [0.5, 0.6) is 0 Å². The van der Waals surface area contributed by atoms with Crippen molar-refractivity contribution in [2.45, 2.75) is 30.8 Å². The van der Waals surface area contributed by atoms with Crippen LogP contribution in [0.2, 0.25) is 0 Å². The summed E-state index contributed by atoms with van der Waals surface area (Å²) < 4.78 is 0. The van der Waals surface area contributed by atoms with Gasteiger partial charge >= 0.3 is 0 Å². The first-order valence-electron chi connectivity index (χ1n) is 5.47. The average molecular weight is 264 g/mol. The van der Waals surface area contributed by atoms with E-state index in [1.165, 1.54) is 29.7 Å². The van der Waals surface area contributed by atoms with Gasteiger partial charge in [-0.25, -0.2) is 0 Å². The zero-order chi connectivity index (χ0) is 10.4. The van der Waals surface area contributed by atoms with Gasteiger partial charge in [0.1, 0.15) is 4.95 Å². The normalized spacial score (nSPS) is 24.1. The third-order valence-corrected chi connectivity index (χ3v) is 3.91. The summed E-state index contributed by atoms with van der Waals surface area (Å²) >= 11 is 3.74. The van der Waals surface area contributed by atoms with E-state index in [1.807, 2.05) is 0 Å². The highest BCUT2D eigenvalue weighted by Gasteiger charge is 2.35. The second kappa shape index (κ2) is 3.38. The quantitative estimate of drug-likeness (QED) is 0.552. The summed E-state index contributed by atoms with van der Waals surface area (Å²) in [5.74, 6) is 0. The van der Waals surface area contributed by atoms with Crippen LogP contribution in [-0.2, 0) is 0 Å². The van der Waals surface area contributed by atoms with E-state index < -0.39 is 0 Å². The van der Waals surface area contributed by atoms with Gasteiger partial charge in [-0.1, -0.05) is 46.3 Å². The SMILES string of the molecule is Cc1cccc2c1N(C1CC1)C(Br)C=C2. The Morgan fingerprint density at radius 3 is 2.87 bits per heavy atom. The molecule has 0 aromatic heterocycles. The zero-order valence-corrected chi connectivity index (χ0v) is 10.4. The molecule has 1 aliphatic heterocycles. The van der Waals surface area contributed by atoms with E-state index >= 15 is 0 Å². The van der Waals surface area contributed by atoms with Gasteiger partial charge in [-0.3, -0.25) is 0 Å². The van der Waals surface area contributed by atoms with Gasteiger partial charge in [-0.15, -0.1) is 0 Å². The Labute approximate surface area is 98.9 Å². The van der Waals surface area contributed by atoms with Crippen molar-refractivity contribution >= 4 is 27.7 Å². The molecule has 2 heteroatoms. The number of hydrogen-bond acceptors (Lipinski definition) is 1. The van der Waals surface area contributed by atoms with Crippen LogP contribution in [0.25, 0.3) is 6.08 Å². The molecule has 1 heterocycles. The first-order valence-corrected chi connectivity index (χ1v) is 6.39. The maximum atomic E-state index is 3.74. The summed E-state index contributed by atoms with van der Waals surface area (Å²) in [6.45, 7) is 2.20. The third-order valence-electron chi connectivity index (χ3n) is 3.17. The summed E-state index contributed by atoms with van der Waals surface area (Å²) in [6, 6.07) is 7.29. The largest absolute Gasteiger partial charge is 0.352 e. The molecule has 0 bridgehead atoms. The molecule has 0 saturated heterocycles. The number of aryl methyl sites for hydroxylation is 1. The first kappa shape index (κ1) is 9.46. The van der Waals surface area contributed by atoms with Gasteiger partial charge in [0.25, 0.3) is 0 Å². The van der Waals surface area contributed by atoms with Crippen LogP contribution in [0.3, 0.4) is 0 Å². The van der Waals surface area contributed by atoms with Crippen molar-refractivity contribution in [2.24, 2.45) is 0 Å². The topological polar surface area (TPSA) is 3.24 Å². The highest BCUT2D eigenvalue weighted by Crippen LogP contribution is 2.41. The molecule has 1 aliphatic carbocycles. The number of benzene rings is 1. The molecule has 1 aromatic rings. The molecule has 2 aliphatic rings. The minimum absolute atomic E-state index is 0.374. The maximum absolute atomic E-state index is 3.74. The van der Waals surface area contributed by atoms with Gasteiger partial charge in [-0.05, 0) is 30.9 Å². The molecular formula is C13H14BrN. The number of nitrogens with zero attached hydrogens (tertiary/aromatic N) is 1. The van der Waals surface area contributed by atoms with E-state index in [4.69, 9.17) is 0 Å². The average Bonchev–Trinajstić information content (AvgIpc) is 3.03. The highest BCUT2D eigenvalue weighted by atomic mass is 79.9. The van der Waals surface area contributed by atoms with Crippen LogP contribution in [-0.4, -0.2) is 11.0 Å². The molecule has 78 valence electrons. The van der Waals surface area contributed by atoms with E-state index in [9.17, 15) is 0 Å². The van der Waals surface area contributed by atoms with Crippen molar-refractivity contribution in [1.29, 1.82) is 0 Å². The van der Waals surface area contributed by atoms with E-state index in [-0.39, 0.29) is 0 Å². The van der Waals surface area contributed by atoms with Gasteiger partial charge < -0.3 is 4.90 Å². The van der Waals surface area contributed by atoms with E-state index in [0.29, 0.717) is 4.95 Å². The van der Waals surface area contributed by atoms with Crippen LogP contribution in [0.4, 0.5) is 5.69 Å². The van der Waals surface area contributed by atoms with E-state index in [1.54, 1.807) is 0 Å². The molecule has 1 aromatic carbocycles. The van der Waals surface area contributed by atoms with Crippen molar-refractivity contribution in [2.75, 3.05) is 4.90 Å². The molecule has 0 radical (unpaired) electrons. The number of para-hydroxylation sites is 1. The summed E-state index contributed by atoms with van der Waals surface area (Å²) in [5.41, 5.74) is 4.16. The number of halogens is 1. The summed E-state index contributed by atoms with van der Waals surface area (Å²) in [5, 5.41) is 0. The molecule has 1 saturated carbocycles. The Kier molecular flexibility index (Phi) is 2.13. The number of rotatable bonds is 1. The highest BCUT2D eigenvalue weighted by molar-refractivity contribution is 9.09. The van der Waals surface area contributed by atoms with Crippen LogP contribution >= 0.6 is 15.9 Å². The molecule has 0 amide bonds. The smallest absolute Gasteiger partial charge is 0.104 e. The first-order chi connectivity index (χ1) is 7.27. The number of fused-ring (bicyclic) bond motifs is 1. The van der Waals surface area contributed by atoms with Gasteiger partial charge in [0.2, 0.25) is 0 Å². The second-order valence-corrected chi connectivity index (χ2v) is 5.32. The monoisotopic (exact) mass is 263 g/mol. The number of anilines is 1. The Morgan fingerprint density at radius 2 is 2.13 bits per heavy atom. The van der Waals surface area contributed by atoms with Crippen molar-refractivity contribution in [3.63, 3.8) is 0 Å². The predicted molar refractivity (Wildman–Crippen MR) is 68.4 cm³/mol. The second-order valence-electron chi connectivity index (χ2n) is 4.38. The molecular weight excluding hydrogens is 250 g/mol. The fourth-order valence-corrected chi connectivity index (χ4v) is 3.00. The van der Waals surface area contributed by atoms with Gasteiger partial charge in [0.05, 0.1) is 0 Å². The molecule has 15 heavy (non-hydrogen) atoms. The van der Waals surface area contributed by atoms with Crippen molar-refractivity contribution in [1.82, 2.24) is 0 Å². The summed E-state index contributed by atoms with van der Waals surface area (Å²) in [6.07, 6.45) is 7.13. The Balaban J connectivity index is 2.14. The summed E-state index contributed by atoms with van der Waals surface area (Å²) in [4.78, 5) is 2.89. The van der Waals surface area contributed by atoms with E-state index in [2.05, 4.69) is 58.1 Å². The van der Waals surface area contributed by atoms with Crippen LogP contribution < -0.4 is 4.90 Å². The van der Waals surface area contributed by atoms with Crippen LogP contribution in [0, 0.1) is 6.92 Å². The minimum atomic E-state index is 0.374. The predicted octanol–water partition coefficient (Wildman–Crippen LogP) is 3.71. The molecule has 1 unspecified atom stereocenters. The Hall–Kier alpha value is -0.760. The van der Waals surface area contributed by atoms with Gasteiger partial charge in [0.15, 0.2) is 0 Å². The zero-order valence-electron chi connectivity index (χ0n) is 8.78. The number of hydrogen-bond donors (Lipinski definition) is 0. The maximum Gasteiger partial charge on any atom is 0.104 e. The molecule has 0 spiro atoms. The Bertz CT molecular complexity index is 421. The molecule has 1 fully saturated rings. The van der Waals surface area contributed by atoms with Crippen molar-refractivity contribution in [3.8, 4) is 0 Å². The van der Waals surface area contributed by atoms with Crippen LogP contribution in [0.15, 0.2) is 24.3 Å². The third kappa shape index (κ3) is 1.51. The molecule has 1 nitrogen and oxygen atoms in total. The molecule has 1 atom stereocenters. The number of alkyl halides is 1. The molecule has 0 N–H and O–H groups in total. The summed E-state index contributed by atoms with van der Waals surface area (Å²) in [7, 11) is 0. The van der Waals surface area contributed by atoms with Crippen molar-refractivity contribution in [3.05, 3.63) is 35.4 Å². The van der Waals surface area contributed by atoms with Crippen LogP contribution in [0.1, 0.15) is 24.0 Å². The van der Waals surface area contributed by atoms with E-state index in [0.717, 1.165) is 6.04 Å². The standard InChI is InChI=1S/C13H14BrN/c1-9-3-2-4-10-5-8-12(14)15(13(9)10)11-6-7-11/h2-5,8,11-12H,6-7H2,1H3. The fourth-order valence-electron chi connectivity index (χ4n) is 2.30. The minimum Gasteiger partial charge on any atom is -0.352 e.